The van der Waals surface area contributed by atoms with Crippen molar-refractivity contribution in [2.45, 2.75) is 24.7 Å². The average molecular weight is 320 g/mol. The van der Waals surface area contributed by atoms with Crippen LogP contribution in [0, 0.1) is 0 Å². The van der Waals surface area contributed by atoms with Gasteiger partial charge in [0.15, 0.2) is 11.5 Å². The summed E-state index contributed by atoms with van der Waals surface area (Å²) in [5, 5.41) is 3.03. The van der Waals surface area contributed by atoms with Gasteiger partial charge in [0.05, 0.1) is 11.1 Å². The summed E-state index contributed by atoms with van der Waals surface area (Å²) in [6, 6.07) is 13.7. The summed E-state index contributed by atoms with van der Waals surface area (Å²) in [7, 11) is 0. The van der Waals surface area contributed by atoms with Crippen molar-refractivity contribution in [3.63, 3.8) is 0 Å². The first-order valence-corrected chi connectivity index (χ1v) is 8.12. The topological polar surface area (TPSA) is 59.9 Å². The van der Waals surface area contributed by atoms with Gasteiger partial charge in [-0.1, -0.05) is 24.3 Å². The second-order valence-corrected chi connectivity index (χ2v) is 6.47. The number of nitrogens with one attached hydrogen (secondary N) is 1. The summed E-state index contributed by atoms with van der Waals surface area (Å²) < 4.78 is 10.8. The molecular weight excluding hydrogens is 304 g/mol. The molecule has 1 saturated carbocycles. The maximum absolute atomic E-state index is 12.9. The molecule has 0 unspecified atom stereocenters. The molecule has 0 aromatic heterocycles. The van der Waals surface area contributed by atoms with Crippen LogP contribution < -0.4 is 14.8 Å². The van der Waals surface area contributed by atoms with Crippen LogP contribution in [-0.2, 0) is 16.6 Å². The third-order valence-corrected chi connectivity index (χ3v) is 4.97. The largest absolute Gasteiger partial charge is 0.454 e. The Bertz CT molecular complexity index is 884. The summed E-state index contributed by atoms with van der Waals surface area (Å²) in [6.07, 6.45) is 2.37. The van der Waals surface area contributed by atoms with E-state index in [0.29, 0.717) is 6.42 Å². The number of rotatable bonds is 2. The van der Waals surface area contributed by atoms with Crippen LogP contribution in [0.4, 0.5) is 5.69 Å². The number of hydrogen-bond acceptors (Lipinski definition) is 4. The minimum Gasteiger partial charge on any atom is -0.454 e. The molecule has 2 aromatic carbocycles. The van der Waals surface area contributed by atoms with Crippen molar-refractivity contribution in [3.8, 4) is 11.5 Å². The maximum Gasteiger partial charge on any atom is 0.235 e. The van der Waals surface area contributed by atoms with Crippen molar-refractivity contribution >= 4 is 17.4 Å². The number of nitrogens with zero attached hydrogens (tertiary/aromatic N) is 1. The smallest absolute Gasteiger partial charge is 0.235 e. The van der Waals surface area contributed by atoms with E-state index in [1.165, 1.54) is 0 Å². The zero-order valence-electron chi connectivity index (χ0n) is 13.0. The van der Waals surface area contributed by atoms with Crippen molar-refractivity contribution in [2.24, 2.45) is 4.99 Å². The van der Waals surface area contributed by atoms with Gasteiger partial charge in [-0.25, -0.2) is 4.99 Å². The Hall–Kier alpha value is -2.82. The SMILES string of the molecule is O=C(NC1=Nc2ccccc2C1)C1(c2ccc3c(c2)OCO3)CC1. The van der Waals surface area contributed by atoms with Crippen LogP contribution in [0.5, 0.6) is 11.5 Å². The number of ether oxygens (including phenoxy) is 2. The fourth-order valence-electron chi connectivity index (χ4n) is 3.42. The highest BCUT2D eigenvalue weighted by atomic mass is 16.7. The molecule has 3 aliphatic rings. The van der Waals surface area contributed by atoms with Crippen molar-refractivity contribution in [2.75, 3.05) is 6.79 Å². The summed E-state index contributed by atoms with van der Waals surface area (Å²) in [4.78, 5) is 17.4. The molecule has 0 radical (unpaired) electrons. The molecular formula is C19H16N2O3. The maximum atomic E-state index is 12.9. The normalized spacial score (nSPS) is 18.8. The predicted molar refractivity (Wildman–Crippen MR) is 88.9 cm³/mol. The molecule has 0 atom stereocenters. The average Bonchev–Trinajstić information content (AvgIpc) is 3.10. The number of amides is 1. The van der Waals surface area contributed by atoms with Gasteiger partial charge in [0.1, 0.15) is 5.84 Å². The molecule has 1 amide bonds. The van der Waals surface area contributed by atoms with E-state index in [9.17, 15) is 4.79 Å². The third-order valence-electron chi connectivity index (χ3n) is 4.97. The van der Waals surface area contributed by atoms with E-state index in [2.05, 4.69) is 10.3 Å². The Balaban J connectivity index is 1.38. The number of carbonyl (C=O) groups excluding carboxylic acids is 1. The minimum atomic E-state index is -0.460. The molecule has 5 heteroatoms. The Labute approximate surface area is 139 Å². The summed E-state index contributed by atoms with van der Waals surface area (Å²) >= 11 is 0. The Morgan fingerprint density at radius 3 is 2.75 bits per heavy atom. The van der Waals surface area contributed by atoms with E-state index in [1.807, 2.05) is 42.5 Å². The molecule has 1 N–H and O–H groups in total. The number of fused-ring (bicyclic) bond motifs is 2. The second kappa shape index (κ2) is 4.84. The van der Waals surface area contributed by atoms with Gasteiger partial charge in [-0.3, -0.25) is 4.79 Å². The van der Waals surface area contributed by atoms with Gasteiger partial charge < -0.3 is 14.8 Å². The first kappa shape index (κ1) is 13.6. The van der Waals surface area contributed by atoms with Crippen LogP contribution in [0.25, 0.3) is 0 Å². The second-order valence-electron chi connectivity index (χ2n) is 6.47. The monoisotopic (exact) mass is 320 g/mol. The summed E-state index contributed by atoms with van der Waals surface area (Å²) in [5.74, 6) is 2.21. The lowest BCUT2D eigenvalue weighted by Crippen LogP contribution is -2.38. The lowest BCUT2D eigenvalue weighted by atomic mass is 9.94. The lowest BCUT2D eigenvalue weighted by molar-refractivity contribution is -0.122. The van der Waals surface area contributed by atoms with Crippen molar-refractivity contribution < 1.29 is 14.3 Å². The van der Waals surface area contributed by atoms with Crippen molar-refractivity contribution in [1.82, 2.24) is 5.32 Å². The minimum absolute atomic E-state index is 0.0212. The molecule has 5 nitrogen and oxygen atoms in total. The van der Waals surface area contributed by atoms with Gasteiger partial charge in [-0.2, -0.15) is 0 Å². The van der Waals surface area contributed by atoms with Crippen LogP contribution in [0.3, 0.4) is 0 Å². The highest BCUT2D eigenvalue weighted by Crippen LogP contribution is 2.50. The van der Waals surface area contributed by atoms with Gasteiger partial charge >= 0.3 is 0 Å². The lowest BCUT2D eigenvalue weighted by Gasteiger charge is -2.16. The van der Waals surface area contributed by atoms with Crippen LogP contribution >= 0.6 is 0 Å². The molecule has 2 heterocycles. The molecule has 2 aliphatic heterocycles. The van der Waals surface area contributed by atoms with Gasteiger partial charge in [0, 0.05) is 6.42 Å². The number of para-hydroxylation sites is 1. The number of aliphatic imine (C=N–C) groups is 1. The van der Waals surface area contributed by atoms with Crippen molar-refractivity contribution in [1.29, 1.82) is 0 Å². The standard InChI is InChI=1S/C19H16N2O3/c22-18(21-17-9-12-3-1-2-4-14(12)20-17)19(7-8-19)13-5-6-15-16(10-13)24-11-23-15/h1-6,10H,7-9,11H2,(H,20,21,22). The quantitative estimate of drug-likeness (QED) is 0.925. The Morgan fingerprint density at radius 1 is 1.08 bits per heavy atom. The first-order valence-electron chi connectivity index (χ1n) is 8.12. The number of carbonyl (C=O) groups is 1. The fraction of sp³-hybridized carbons (Fsp3) is 0.263. The molecule has 0 spiro atoms. The van der Waals surface area contributed by atoms with Crippen LogP contribution in [-0.4, -0.2) is 18.5 Å². The number of benzene rings is 2. The zero-order chi connectivity index (χ0) is 16.1. The van der Waals surface area contributed by atoms with Crippen molar-refractivity contribution in [3.05, 3.63) is 53.6 Å². The van der Waals surface area contributed by atoms with E-state index in [0.717, 1.165) is 47.0 Å². The number of amidine groups is 1. The van der Waals surface area contributed by atoms with E-state index in [-0.39, 0.29) is 12.7 Å². The van der Waals surface area contributed by atoms with Gasteiger partial charge in [0.25, 0.3) is 0 Å². The Kier molecular flexibility index (Phi) is 2.74. The summed E-state index contributed by atoms with van der Waals surface area (Å²) in [5.41, 5.74) is 2.62. The summed E-state index contributed by atoms with van der Waals surface area (Å²) in [6.45, 7) is 0.243. The van der Waals surface area contributed by atoms with Gasteiger partial charge in [-0.15, -0.1) is 0 Å². The van der Waals surface area contributed by atoms with Crippen LogP contribution in [0.15, 0.2) is 47.5 Å². The van der Waals surface area contributed by atoms with Crippen LogP contribution in [0.1, 0.15) is 24.0 Å². The Morgan fingerprint density at radius 2 is 1.92 bits per heavy atom. The van der Waals surface area contributed by atoms with E-state index in [4.69, 9.17) is 9.47 Å². The fourth-order valence-corrected chi connectivity index (χ4v) is 3.42. The van der Waals surface area contributed by atoms with Gasteiger partial charge in [0.2, 0.25) is 12.7 Å². The van der Waals surface area contributed by atoms with Gasteiger partial charge in [-0.05, 0) is 42.2 Å². The van der Waals surface area contributed by atoms with E-state index in [1.54, 1.807) is 0 Å². The molecule has 120 valence electrons. The zero-order valence-corrected chi connectivity index (χ0v) is 13.0. The number of hydrogen-bond donors (Lipinski definition) is 1. The molecule has 1 aliphatic carbocycles. The molecule has 0 bridgehead atoms. The van der Waals surface area contributed by atoms with Crippen LogP contribution in [0.2, 0.25) is 0 Å². The molecule has 5 rings (SSSR count). The highest BCUT2D eigenvalue weighted by Gasteiger charge is 2.52. The highest BCUT2D eigenvalue weighted by molar-refractivity contribution is 6.07. The predicted octanol–water partition coefficient (Wildman–Crippen LogP) is 2.85. The van der Waals surface area contributed by atoms with E-state index < -0.39 is 5.41 Å². The molecule has 24 heavy (non-hydrogen) atoms. The molecule has 2 aromatic rings. The first-order chi connectivity index (χ1) is 11.7. The molecule has 0 saturated heterocycles. The molecule has 1 fully saturated rings. The third kappa shape index (κ3) is 2.01. The van der Waals surface area contributed by atoms with E-state index >= 15 is 0 Å².